The summed E-state index contributed by atoms with van der Waals surface area (Å²) in [6, 6.07) is 3.82. The predicted molar refractivity (Wildman–Crippen MR) is 84.1 cm³/mol. The highest BCUT2D eigenvalue weighted by Gasteiger charge is 2.29. The maximum Gasteiger partial charge on any atom is 0.422 e. The Labute approximate surface area is 142 Å². The van der Waals surface area contributed by atoms with Crippen LogP contribution in [0.3, 0.4) is 0 Å². The van der Waals surface area contributed by atoms with Crippen molar-refractivity contribution < 1.29 is 27.5 Å². The third kappa shape index (κ3) is 7.08. The van der Waals surface area contributed by atoms with E-state index >= 15 is 0 Å². The zero-order valence-electron chi connectivity index (χ0n) is 13.4. The van der Waals surface area contributed by atoms with Crippen molar-refractivity contribution in [3.05, 3.63) is 23.2 Å². The summed E-state index contributed by atoms with van der Waals surface area (Å²) in [5, 5.41) is 5.00. The van der Waals surface area contributed by atoms with Gasteiger partial charge in [-0.2, -0.15) is 13.2 Å². The Kier molecular flexibility index (Phi) is 6.48. The fourth-order valence-electron chi connectivity index (χ4n) is 1.51. The molecule has 0 saturated heterocycles. The van der Waals surface area contributed by atoms with Crippen LogP contribution in [0.15, 0.2) is 18.2 Å². The highest BCUT2D eigenvalue weighted by molar-refractivity contribution is 6.31. The summed E-state index contributed by atoms with van der Waals surface area (Å²) in [5.41, 5.74) is -0.682. The molecule has 2 N–H and O–H groups in total. The second kappa shape index (κ2) is 7.74. The van der Waals surface area contributed by atoms with E-state index in [1.807, 2.05) is 0 Å². The fraction of sp³-hybridized carbons (Fsp3) is 0.467. The zero-order valence-corrected chi connectivity index (χ0v) is 14.1. The van der Waals surface area contributed by atoms with Crippen LogP contribution in [-0.2, 0) is 9.59 Å². The number of hydrogen-bond acceptors (Lipinski definition) is 3. The standard InChI is InChI=1S/C15H18ClF3N2O3/c1-14(2,3)13(23)20-7-12(22)21-10-6-9(16)4-5-11(10)24-8-15(17,18)19/h4-6H,7-8H2,1-3H3,(H,20,23)(H,21,22). The molecule has 0 aliphatic carbocycles. The molecule has 24 heavy (non-hydrogen) atoms. The lowest BCUT2D eigenvalue weighted by Crippen LogP contribution is -2.39. The molecule has 0 aliphatic rings. The molecular weight excluding hydrogens is 349 g/mol. The van der Waals surface area contributed by atoms with Gasteiger partial charge < -0.3 is 15.4 Å². The summed E-state index contributed by atoms with van der Waals surface area (Å²) in [4.78, 5) is 23.6. The molecule has 0 atom stereocenters. The van der Waals surface area contributed by atoms with E-state index < -0.39 is 24.1 Å². The molecule has 1 aromatic carbocycles. The largest absolute Gasteiger partial charge is 0.482 e. The Hall–Kier alpha value is -1.96. The summed E-state index contributed by atoms with van der Waals surface area (Å²) in [7, 11) is 0. The molecule has 5 nitrogen and oxygen atoms in total. The first kappa shape index (κ1) is 20.1. The number of amides is 2. The van der Waals surface area contributed by atoms with Crippen LogP contribution in [0.5, 0.6) is 5.75 Å². The van der Waals surface area contributed by atoms with Gasteiger partial charge in [-0.05, 0) is 18.2 Å². The second-order valence-corrected chi connectivity index (χ2v) is 6.46. The first-order valence-electron chi connectivity index (χ1n) is 6.96. The van der Waals surface area contributed by atoms with Crippen molar-refractivity contribution in [3.8, 4) is 5.75 Å². The van der Waals surface area contributed by atoms with Gasteiger partial charge in [0.25, 0.3) is 0 Å². The predicted octanol–water partition coefficient (Wildman–Crippen LogP) is 3.38. The van der Waals surface area contributed by atoms with Gasteiger partial charge in [0.05, 0.1) is 12.2 Å². The van der Waals surface area contributed by atoms with E-state index in [9.17, 15) is 22.8 Å². The number of hydrogen-bond donors (Lipinski definition) is 2. The summed E-state index contributed by atoms with van der Waals surface area (Å²) in [6.45, 7) is 3.21. The number of rotatable bonds is 5. The molecule has 0 aliphatic heterocycles. The van der Waals surface area contributed by atoms with Gasteiger partial charge in [-0.25, -0.2) is 0 Å². The topological polar surface area (TPSA) is 67.4 Å². The Balaban J connectivity index is 2.73. The van der Waals surface area contributed by atoms with Gasteiger partial charge in [0.15, 0.2) is 6.61 Å². The zero-order chi connectivity index (χ0) is 18.5. The van der Waals surface area contributed by atoms with Crippen LogP contribution in [0, 0.1) is 5.41 Å². The third-order valence-electron chi connectivity index (χ3n) is 2.70. The monoisotopic (exact) mass is 366 g/mol. The molecule has 9 heteroatoms. The minimum Gasteiger partial charge on any atom is -0.482 e. The van der Waals surface area contributed by atoms with Crippen molar-refractivity contribution in [2.75, 3.05) is 18.5 Å². The normalized spacial score (nSPS) is 11.8. The molecule has 1 rings (SSSR count). The van der Waals surface area contributed by atoms with Crippen LogP contribution in [0.4, 0.5) is 18.9 Å². The molecule has 0 radical (unpaired) electrons. The fourth-order valence-corrected chi connectivity index (χ4v) is 1.68. The Morgan fingerprint density at radius 3 is 2.38 bits per heavy atom. The van der Waals surface area contributed by atoms with E-state index in [0.29, 0.717) is 0 Å². The number of benzene rings is 1. The van der Waals surface area contributed by atoms with Crippen LogP contribution < -0.4 is 15.4 Å². The average molecular weight is 367 g/mol. The van der Waals surface area contributed by atoms with Gasteiger partial charge >= 0.3 is 6.18 Å². The third-order valence-corrected chi connectivity index (χ3v) is 2.93. The van der Waals surface area contributed by atoms with E-state index in [0.717, 1.165) is 0 Å². The van der Waals surface area contributed by atoms with Crippen molar-refractivity contribution in [2.24, 2.45) is 5.41 Å². The Bertz CT molecular complexity index is 613. The van der Waals surface area contributed by atoms with Gasteiger partial charge in [-0.1, -0.05) is 32.4 Å². The van der Waals surface area contributed by atoms with Crippen molar-refractivity contribution in [3.63, 3.8) is 0 Å². The van der Waals surface area contributed by atoms with E-state index in [2.05, 4.69) is 15.4 Å². The lowest BCUT2D eigenvalue weighted by molar-refractivity contribution is -0.153. The lowest BCUT2D eigenvalue weighted by atomic mass is 9.96. The molecule has 0 unspecified atom stereocenters. The van der Waals surface area contributed by atoms with E-state index in [1.165, 1.54) is 18.2 Å². The van der Waals surface area contributed by atoms with E-state index in [1.54, 1.807) is 20.8 Å². The first-order chi connectivity index (χ1) is 10.9. The molecule has 0 spiro atoms. The average Bonchev–Trinajstić information content (AvgIpc) is 2.41. The molecule has 0 saturated carbocycles. The number of nitrogens with one attached hydrogen (secondary N) is 2. The molecule has 1 aromatic rings. The van der Waals surface area contributed by atoms with Crippen LogP contribution in [-0.4, -0.2) is 31.1 Å². The van der Waals surface area contributed by atoms with Gasteiger partial charge in [-0.15, -0.1) is 0 Å². The SMILES string of the molecule is CC(C)(C)C(=O)NCC(=O)Nc1cc(Cl)ccc1OCC(F)(F)F. The molecule has 134 valence electrons. The van der Waals surface area contributed by atoms with Crippen LogP contribution in [0.25, 0.3) is 0 Å². The van der Waals surface area contributed by atoms with Crippen LogP contribution in [0.1, 0.15) is 20.8 Å². The quantitative estimate of drug-likeness (QED) is 0.839. The van der Waals surface area contributed by atoms with Gasteiger partial charge in [0.1, 0.15) is 5.75 Å². The number of ether oxygens (including phenoxy) is 1. The van der Waals surface area contributed by atoms with Gasteiger partial charge in [0.2, 0.25) is 11.8 Å². The smallest absolute Gasteiger partial charge is 0.422 e. The maximum atomic E-state index is 12.3. The van der Waals surface area contributed by atoms with E-state index in [4.69, 9.17) is 11.6 Å². The molecular formula is C15H18ClF3N2O3. The molecule has 0 bridgehead atoms. The molecule has 0 heterocycles. The van der Waals surface area contributed by atoms with Crippen molar-refractivity contribution in [1.82, 2.24) is 5.32 Å². The van der Waals surface area contributed by atoms with Gasteiger partial charge in [0, 0.05) is 10.4 Å². The van der Waals surface area contributed by atoms with Gasteiger partial charge in [-0.3, -0.25) is 9.59 Å². The minimum atomic E-state index is -4.51. The van der Waals surface area contributed by atoms with Crippen molar-refractivity contribution >= 4 is 29.1 Å². The number of alkyl halides is 3. The van der Waals surface area contributed by atoms with Crippen molar-refractivity contribution in [2.45, 2.75) is 26.9 Å². The molecule has 0 fully saturated rings. The highest BCUT2D eigenvalue weighted by Crippen LogP contribution is 2.29. The number of anilines is 1. The highest BCUT2D eigenvalue weighted by atomic mass is 35.5. The summed E-state index contributed by atoms with van der Waals surface area (Å²) < 4.78 is 41.4. The molecule has 2 amide bonds. The first-order valence-corrected chi connectivity index (χ1v) is 7.33. The summed E-state index contributed by atoms with van der Waals surface area (Å²) in [6.07, 6.45) is -4.51. The Morgan fingerprint density at radius 2 is 1.83 bits per heavy atom. The summed E-state index contributed by atoms with van der Waals surface area (Å²) >= 11 is 5.78. The van der Waals surface area contributed by atoms with Crippen molar-refractivity contribution in [1.29, 1.82) is 0 Å². The summed E-state index contributed by atoms with van der Waals surface area (Å²) in [5.74, 6) is -1.13. The van der Waals surface area contributed by atoms with E-state index in [-0.39, 0.29) is 28.9 Å². The van der Waals surface area contributed by atoms with Crippen LogP contribution in [0.2, 0.25) is 5.02 Å². The lowest BCUT2D eigenvalue weighted by Gasteiger charge is -2.18. The maximum absolute atomic E-state index is 12.3. The Morgan fingerprint density at radius 1 is 1.21 bits per heavy atom. The van der Waals surface area contributed by atoms with Crippen LogP contribution >= 0.6 is 11.6 Å². The number of carbonyl (C=O) groups is 2. The number of halogens is 4. The second-order valence-electron chi connectivity index (χ2n) is 6.03. The minimum absolute atomic E-state index is 0.0123. The number of carbonyl (C=O) groups excluding carboxylic acids is 2. The molecule has 0 aromatic heterocycles.